The van der Waals surface area contributed by atoms with Gasteiger partial charge in [-0.3, -0.25) is 9.48 Å². The van der Waals surface area contributed by atoms with Gasteiger partial charge in [0.05, 0.1) is 12.2 Å². The SMILES string of the molecule is CCNC(C)(Cn1nc(C)c(CC)c1C)C(=O)O. The van der Waals surface area contributed by atoms with E-state index < -0.39 is 11.5 Å². The molecule has 0 saturated heterocycles. The lowest BCUT2D eigenvalue weighted by atomic mass is 10.0. The minimum absolute atomic E-state index is 0.336. The van der Waals surface area contributed by atoms with Crippen LogP contribution in [0.3, 0.4) is 0 Å². The molecule has 1 unspecified atom stereocenters. The highest BCUT2D eigenvalue weighted by molar-refractivity contribution is 5.78. The fraction of sp³-hybridized carbons (Fsp3) is 0.692. The number of rotatable bonds is 6. The molecule has 18 heavy (non-hydrogen) atoms. The second-order valence-electron chi connectivity index (χ2n) is 4.83. The number of likely N-dealkylation sites (N-methyl/N-ethyl adjacent to an activating group) is 1. The van der Waals surface area contributed by atoms with Gasteiger partial charge in [0.2, 0.25) is 0 Å². The van der Waals surface area contributed by atoms with Crippen LogP contribution in [-0.2, 0) is 17.8 Å². The third-order valence-corrected chi connectivity index (χ3v) is 3.39. The van der Waals surface area contributed by atoms with Gasteiger partial charge in [0.1, 0.15) is 5.54 Å². The van der Waals surface area contributed by atoms with Crippen LogP contribution in [0.15, 0.2) is 0 Å². The molecule has 0 aliphatic heterocycles. The lowest BCUT2D eigenvalue weighted by molar-refractivity contribution is -0.144. The normalized spacial score (nSPS) is 14.5. The third-order valence-electron chi connectivity index (χ3n) is 3.39. The van der Waals surface area contributed by atoms with Crippen molar-refractivity contribution < 1.29 is 9.90 Å². The fourth-order valence-corrected chi connectivity index (χ4v) is 2.29. The van der Waals surface area contributed by atoms with Crippen LogP contribution in [0, 0.1) is 13.8 Å². The van der Waals surface area contributed by atoms with Crippen LogP contribution in [0.25, 0.3) is 0 Å². The van der Waals surface area contributed by atoms with Gasteiger partial charge in [0.15, 0.2) is 0 Å². The average Bonchev–Trinajstić information content (AvgIpc) is 2.53. The molecule has 0 aliphatic carbocycles. The largest absolute Gasteiger partial charge is 0.480 e. The Balaban J connectivity index is 3.05. The Kier molecular flexibility index (Phi) is 4.51. The molecular weight excluding hydrogens is 230 g/mol. The molecule has 0 aromatic carbocycles. The maximum Gasteiger partial charge on any atom is 0.325 e. The van der Waals surface area contributed by atoms with Crippen molar-refractivity contribution in [3.63, 3.8) is 0 Å². The van der Waals surface area contributed by atoms with Crippen molar-refractivity contribution in [2.24, 2.45) is 0 Å². The number of carboxylic acid groups (broad SMARTS) is 1. The summed E-state index contributed by atoms with van der Waals surface area (Å²) in [5.41, 5.74) is 2.27. The first-order valence-electron chi connectivity index (χ1n) is 6.37. The fourth-order valence-electron chi connectivity index (χ4n) is 2.29. The van der Waals surface area contributed by atoms with E-state index in [1.807, 2.05) is 20.8 Å². The highest BCUT2D eigenvalue weighted by atomic mass is 16.4. The molecule has 1 aromatic heterocycles. The summed E-state index contributed by atoms with van der Waals surface area (Å²) in [7, 11) is 0. The molecule has 0 radical (unpaired) electrons. The summed E-state index contributed by atoms with van der Waals surface area (Å²) in [5, 5.41) is 16.8. The lowest BCUT2D eigenvalue weighted by Gasteiger charge is -2.26. The second-order valence-corrected chi connectivity index (χ2v) is 4.83. The number of aromatic nitrogens is 2. The summed E-state index contributed by atoms with van der Waals surface area (Å²) in [5.74, 6) is -0.852. The minimum Gasteiger partial charge on any atom is -0.480 e. The van der Waals surface area contributed by atoms with E-state index in [0.29, 0.717) is 13.1 Å². The summed E-state index contributed by atoms with van der Waals surface area (Å²) >= 11 is 0. The zero-order valence-electron chi connectivity index (χ0n) is 11.9. The van der Waals surface area contributed by atoms with Crippen LogP contribution in [-0.4, -0.2) is 32.9 Å². The molecular formula is C13H23N3O2. The van der Waals surface area contributed by atoms with E-state index in [0.717, 1.165) is 17.8 Å². The summed E-state index contributed by atoms with van der Waals surface area (Å²) in [6.45, 7) is 10.6. The quantitative estimate of drug-likeness (QED) is 0.806. The van der Waals surface area contributed by atoms with Crippen molar-refractivity contribution in [1.29, 1.82) is 0 Å². The van der Waals surface area contributed by atoms with E-state index in [4.69, 9.17) is 0 Å². The molecule has 102 valence electrons. The van der Waals surface area contributed by atoms with Gasteiger partial charge in [-0.15, -0.1) is 0 Å². The predicted molar refractivity (Wildman–Crippen MR) is 70.8 cm³/mol. The summed E-state index contributed by atoms with van der Waals surface area (Å²) in [6.07, 6.45) is 0.919. The number of hydrogen-bond acceptors (Lipinski definition) is 3. The van der Waals surface area contributed by atoms with E-state index >= 15 is 0 Å². The molecule has 0 saturated carbocycles. The van der Waals surface area contributed by atoms with Gasteiger partial charge < -0.3 is 10.4 Å². The maximum absolute atomic E-state index is 11.4. The van der Waals surface area contributed by atoms with Crippen molar-refractivity contribution in [3.05, 3.63) is 17.0 Å². The first-order valence-corrected chi connectivity index (χ1v) is 6.37. The van der Waals surface area contributed by atoms with Crippen LogP contribution in [0.2, 0.25) is 0 Å². The highest BCUT2D eigenvalue weighted by Crippen LogP contribution is 2.17. The van der Waals surface area contributed by atoms with Crippen LogP contribution in [0.5, 0.6) is 0 Å². The topological polar surface area (TPSA) is 67.2 Å². The second kappa shape index (κ2) is 5.52. The summed E-state index contributed by atoms with van der Waals surface area (Å²) in [4.78, 5) is 11.4. The number of nitrogens with one attached hydrogen (secondary N) is 1. The molecule has 2 N–H and O–H groups in total. The first-order chi connectivity index (χ1) is 8.35. The Bertz CT molecular complexity index is 440. The number of aryl methyl sites for hydroxylation is 1. The van der Waals surface area contributed by atoms with E-state index in [9.17, 15) is 9.90 Å². The van der Waals surface area contributed by atoms with Crippen LogP contribution in [0.1, 0.15) is 37.7 Å². The molecule has 0 bridgehead atoms. The standard InChI is InChI=1S/C13H23N3O2/c1-6-11-9(3)15-16(10(11)4)8-13(5,12(17)18)14-7-2/h14H,6-8H2,1-5H3,(H,17,18). The number of carbonyl (C=O) groups is 1. The Morgan fingerprint density at radius 1 is 1.44 bits per heavy atom. The molecule has 0 amide bonds. The first kappa shape index (κ1) is 14.7. The lowest BCUT2D eigenvalue weighted by Crippen LogP contribution is -2.52. The van der Waals surface area contributed by atoms with Crippen LogP contribution in [0.4, 0.5) is 0 Å². The van der Waals surface area contributed by atoms with Gasteiger partial charge in [-0.05, 0) is 39.3 Å². The van der Waals surface area contributed by atoms with Crippen molar-refractivity contribution in [2.75, 3.05) is 6.54 Å². The Hall–Kier alpha value is -1.36. The van der Waals surface area contributed by atoms with Crippen molar-refractivity contribution in [3.8, 4) is 0 Å². The third kappa shape index (κ3) is 2.72. The molecule has 5 nitrogen and oxygen atoms in total. The Morgan fingerprint density at radius 3 is 2.44 bits per heavy atom. The van der Waals surface area contributed by atoms with Gasteiger partial charge in [-0.25, -0.2) is 0 Å². The van der Waals surface area contributed by atoms with Crippen molar-refractivity contribution >= 4 is 5.97 Å². The van der Waals surface area contributed by atoms with Gasteiger partial charge in [0.25, 0.3) is 0 Å². The highest BCUT2D eigenvalue weighted by Gasteiger charge is 2.33. The Morgan fingerprint density at radius 2 is 2.06 bits per heavy atom. The van der Waals surface area contributed by atoms with Crippen LogP contribution >= 0.6 is 0 Å². The molecule has 5 heteroatoms. The summed E-state index contributed by atoms with van der Waals surface area (Å²) in [6, 6.07) is 0. The predicted octanol–water partition coefficient (Wildman–Crippen LogP) is 1.52. The van der Waals surface area contributed by atoms with Crippen molar-refractivity contribution in [2.45, 2.75) is 53.1 Å². The van der Waals surface area contributed by atoms with Gasteiger partial charge in [0, 0.05) is 5.69 Å². The minimum atomic E-state index is -0.983. The number of nitrogens with zero attached hydrogens (tertiary/aromatic N) is 2. The van der Waals surface area contributed by atoms with E-state index in [-0.39, 0.29) is 0 Å². The smallest absolute Gasteiger partial charge is 0.325 e. The number of hydrogen-bond donors (Lipinski definition) is 2. The molecule has 1 aromatic rings. The number of aliphatic carboxylic acids is 1. The molecule has 1 rings (SSSR count). The molecule has 0 aliphatic rings. The van der Waals surface area contributed by atoms with Gasteiger partial charge in [-0.2, -0.15) is 5.10 Å². The molecule has 1 heterocycles. The van der Waals surface area contributed by atoms with Crippen molar-refractivity contribution in [1.82, 2.24) is 15.1 Å². The van der Waals surface area contributed by atoms with Crippen LogP contribution < -0.4 is 5.32 Å². The zero-order chi connectivity index (χ0) is 13.9. The van der Waals surface area contributed by atoms with Gasteiger partial charge >= 0.3 is 5.97 Å². The number of carboxylic acids is 1. The Labute approximate surface area is 108 Å². The molecule has 1 atom stereocenters. The average molecular weight is 253 g/mol. The molecule has 0 spiro atoms. The molecule has 0 fully saturated rings. The van der Waals surface area contributed by atoms with E-state index in [1.165, 1.54) is 5.56 Å². The monoisotopic (exact) mass is 253 g/mol. The van der Waals surface area contributed by atoms with E-state index in [2.05, 4.69) is 17.3 Å². The summed E-state index contributed by atoms with van der Waals surface area (Å²) < 4.78 is 1.80. The van der Waals surface area contributed by atoms with E-state index in [1.54, 1.807) is 11.6 Å². The maximum atomic E-state index is 11.4. The van der Waals surface area contributed by atoms with Gasteiger partial charge in [-0.1, -0.05) is 13.8 Å². The zero-order valence-corrected chi connectivity index (χ0v) is 11.9.